The van der Waals surface area contributed by atoms with Crippen molar-refractivity contribution < 1.29 is 4.79 Å². The van der Waals surface area contributed by atoms with Crippen molar-refractivity contribution in [2.24, 2.45) is 0 Å². The molecule has 0 aliphatic heterocycles. The van der Waals surface area contributed by atoms with Crippen molar-refractivity contribution in [3.05, 3.63) is 65.7 Å². The highest BCUT2D eigenvalue weighted by Gasteiger charge is 2.08. The molecule has 2 aromatic heterocycles. The standard InChI is InChI=1S/C17H14N6O/c18-10-12-6-7-14(20-11-12)17(24)19-9-8-15-21-16(23-22-15)13-4-2-1-3-5-13/h1-7,11H,8-9H2,(H,19,24)(H,21,22,23). The van der Waals surface area contributed by atoms with Crippen LogP contribution in [-0.4, -0.2) is 32.6 Å². The molecule has 118 valence electrons. The van der Waals surface area contributed by atoms with Gasteiger partial charge < -0.3 is 5.32 Å². The predicted molar refractivity (Wildman–Crippen MR) is 86.8 cm³/mol. The highest BCUT2D eigenvalue weighted by atomic mass is 16.1. The number of H-pyrrole nitrogens is 1. The average Bonchev–Trinajstić information content (AvgIpc) is 3.11. The van der Waals surface area contributed by atoms with Crippen molar-refractivity contribution in [2.75, 3.05) is 6.54 Å². The SMILES string of the molecule is N#Cc1ccc(C(=O)NCCc2nc(-c3ccccc3)n[nH]2)nc1. The van der Waals surface area contributed by atoms with Crippen molar-refractivity contribution in [3.8, 4) is 17.5 Å². The van der Waals surface area contributed by atoms with Crippen LogP contribution in [0.2, 0.25) is 0 Å². The van der Waals surface area contributed by atoms with Crippen LogP contribution in [0.4, 0.5) is 0 Å². The van der Waals surface area contributed by atoms with E-state index in [0.717, 1.165) is 5.56 Å². The van der Waals surface area contributed by atoms with E-state index in [1.807, 2.05) is 36.4 Å². The van der Waals surface area contributed by atoms with Gasteiger partial charge in [-0.2, -0.15) is 10.4 Å². The molecule has 7 nitrogen and oxygen atoms in total. The number of benzene rings is 1. The average molecular weight is 318 g/mol. The van der Waals surface area contributed by atoms with Gasteiger partial charge in [-0.3, -0.25) is 9.89 Å². The molecule has 2 N–H and O–H groups in total. The minimum Gasteiger partial charge on any atom is -0.350 e. The topological polar surface area (TPSA) is 107 Å². The van der Waals surface area contributed by atoms with Crippen molar-refractivity contribution >= 4 is 5.91 Å². The molecule has 3 aromatic rings. The fourth-order valence-electron chi connectivity index (χ4n) is 2.10. The van der Waals surface area contributed by atoms with Gasteiger partial charge in [0.15, 0.2) is 5.82 Å². The van der Waals surface area contributed by atoms with Crippen LogP contribution in [0, 0.1) is 11.3 Å². The molecule has 0 spiro atoms. The Bertz CT molecular complexity index is 864. The number of nitrogens with one attached hydrogen (secondary N) is 2. The Morgan fingerprint density at radius 1 is 1.21 bits per heavy atom. The summed E-state index contributed by atoms with van der Waals surface area (Å²) in [5.41, 5.74) is 1.63. The first-order chi connectivity index (χ1) is 11.8. The molecular weight excluding hydrogens is 304 g/mol. The zero-order valence-electron chi connectivity index (χ0n) is 12.7. The van der Waals surface area contributed by atoms with Crippen LogP contribution in [-0.2, 0) is 6.42 Å². The zero-order chi connectivity index (χ0) is 16.8. The molecule has 0 radical (unpaired) electrons. The fraction of sp³-hybridized carbons (Fsp3) is 0.118. The van der Waals surface area contributed by atoms with Crippen molar-refractivity contribution in [1.82, 2.24) is 25.5 Å². The number of aromatic amines is 1. The quantitative estimate of drug-likeness (QED) is 0.744. The number of nitrogens with zero attached hydrogens (tertiary/aromatic N) is 4. The van der Waals surface area contributed by atoms with Gasteiger partial charge in [0.05, 0.1) is 5.56 Å². The number of carbonyl (C=O) groups is 1. The molecule has 0 aliphatic carbocycles. The number of nitriles is 1. The van der Waals surface area contributed by atoms with E-state index in [2.05, 4.69) is 25.5 Å². The van der Waals surface area contributed by atoms with Crippen LogP contribution in [0.15, 0.2) is 48.7 Å². The lowest BCUT2D eigenvalue weighted by atomic mass is 10.2. The first-order valence-electron chi connectivity index (χ1n) is 7.37. The van der Waals surface area contributed by atoms with Gasteiger partial charge in [0.1, 0.15) is 17.6 Å². The molecule has 1 aromatic carbocycles. The Morgan fingerprint density at radius 2 is 2.04 bits per heavy atom. The van der Waals surface area contributed by atoms with Crippen LogP contribution in [0.3, 0.4) is 0 Å². The number of hydrogen-bond donors (Lipinski definition) is 2. The van der Waals surface area contributed by atoms with Crippen LogP contribution < -0.4 is 5.32 Å². The predicted octanol–water partition coefficient (Wildman–Crippen LogP) is 1.71. The van der Waals surface area contributed by atoms with Crippen molar-refractivity contribution in [2.45, 2.75) is 6.42 Å². The molecule has 0 bridgehead atoms. The summed E-state index contributed by atoms with van der Waals surface area (Å²) in [6, 6.07) is 14.7. The fourth-order valence-corrected chi connectivity index (χ4v) is 2.10. The van der Waals surface area contributed by atoms with E-state index < -0.39 is 0 Å². The van der Waals surface area contributed by atoms with Gasteiger partial charge in [0, 0.05) is 24.7 Å². The summed E-state index contributed by atoms with van der Waals surface area (Å²) in [7, 11) is 0. The van der Waals surface area contributed by atoms with Gasteiger partial charge in [0.25, 0.3) is 5.91 Å². The Kier molecular flexibility index (Phi) is 4.58. The molecule has 0 saturated carbocycles. The summed E-state index contributed by atoms with van der Waals surface area (Å²) in [5, 5.41) is 18.5. The molecule has 2 heterocycles. The maximum absolute atomic E-state index is 12.0. The second kappa shape index (κ2) is 7.15. The second-order valence-corrected chi connectivity index (χ2v) is 5.02. The maximum atomic E-state index is 12.0. The van der Waals surface area contributed by atoms with Crippen LogP contribution in [0.1, 0.15) is 21.9 Å². The Morgan fingerprint density at radius 3 is 2.75 bits per heavy atom. The van der Waals surface area contributed by atoms with Gasteiger partial charge in [-0.25, -0.2) is 9.97 Å². The van der Waals surface area contributed by atoms with Crippen LogP contribution >= 0.6 is 0 Å². The number of pyridine rings is 1. The van der Waals surface area contributed by atoms with Crippen LogP contribution in [0.5, 0.6) is 0 Å². The molecule has 0 atom stereocenters. The Hall–Kier alpha value is -3.53. The molecule has 1 amide bonds. The lowest BCUT2D eigenvalue weighted by Gasteiger charge is -2.03. The number of carbonyl (C=O) groups excluding carboxylic acids is 1. The summed E-state index contributed by atoms with van der Waals surface area (Å²) in [6.07, 6.45) is 1.90. The molecule has 0 unspecified atom stereocenters. The summed E-state index contributed by atoms with van der Waals surface area (Å²) >= 11 is 0. The number of aromatic nitrogens is 4. The van der Waals surface area contributed by atoms with Gasteiger partial charge in [-0.1, -0.05) is 30.3 Å². The van der Waals surface area contributed by atoms with Crippen molar-refractivity contribution in [3.63, 3.8) is 0 Å². The molecule has 7 heteroatoms. The largest absolute Gasteiger partial charge is 0.350 e. The lowest BCUT2D eigenvalue weighted by molar-refractivity contribution is 0.0949. The lowest BCUT2D eigenvalue weighted by Crippen LogP contribution is -2.26. The first-order valence-corrected chi connectivity index (χ1v) is 7.37. The van der Waals surface area contributed by atoms with Gasteiger partial charge in [-0.15, -0.1) is 0 Å². The third-order valence-corrected chi connectivity index (χ3v) is 3.34. The molecule has 0 saturated heterocycles. The summed E-state index contributed by atoms with van der Waals surface area (Å²) in [5.74, 6) is 1.04. The van der Waals surface area contributed by atoms with Gasteiger partial charge in [-0.05, 0) is 12.1 Å². The third kappa shape index (κ3) is 3.62. The zero-order valence-corrected chi connectivity index (χ0v) is 12.7. The third-order valence-electron chi connectivity index (χ3n) is 3.34. The molecular formula is C17H14N6O. The summed E-state index contributed by atoms with van der Waals surface area (Å²) in [6.45, 7) is 0.407. The Balaban J connectivity index is 1.54. The van der Waals surface area contributed by atoms with E-state index >= 15 is 0 Å². The minimum atomic E-state index is -0.290. The number of hydrogen-bond acceptors (Lipinski definition) is 5. The minimum absolute atomic E-state index is 0.275. The highest BCUT2D eigenvalue weighted by molar-refractivity contribution is 5.92. The van der Waals surface area contributed by atoms with E-state index in [1.165, 1.54) is 12.3 Å². The van der Waals surface area contributed by atoms with Crippen LogP contribution in [0.25, 0.3) is 11.4 Å². The van der Waals surface area contributed by atoms with E-state index in [-0.39, 0.29) is 11.6 Å². The normalized spacial score (nSPS) is 10.1. The molecule has 0 aliphatic rings. The van der Waals surface area contributed by atoms with E-state index in [9.17, 15) is 4.79 Å². The summed E-state index contributed by atoms with van der Waals surface area (Å²) in [4.78, 5) is 20.3. The molecule has 0 fully saturated rings. The van der Waals surface area contributed by atoms with E-state index in [1.54, 1.807) is 6.07 Å². The monoisotopic (exact) mass is 318 g/mol. The second-order valence-electron chi connectivity index (χ2n) is 5.02. The smallest absolute Gasteiger partial charge is 0.269 e. The summed E-state index contributed by atoms with van der Waals surface area (Å²) < 4.78 is 0. The van der Waals surface area contributed by atoms with Crippen molar-refractivity contribution in [1.29, 1.82) is 5.26 Å². The number of rotatable bonds is 5. The van der Waals surface area contributed by atoms with Gasteiger partial charge in [0.2, 0.25) is 0 Å². The molecule has 3 rings (SSSR count). The number of amides is 1. The van der Waals surface area contributed by atoms with E-state index in [4.69, 9.17) is 5.26 Å². The first kappa shape index (κ1) is 15.4. The maximum Gasteiger partial charge on any atom is 0.269 e. The highest BCUT2D eigenvalue weighted by Crippen LogP contribution is 2.13. The molecule has 24 heavy (non-hydrogen) atoms. The Labute approximate surface area is 138 Å². The van der Waals surface area contributed by atoms with Gasteiger partial charge >= 0.3 is 0 Å². The van der Waals surface area contributed by atoms with E-state index in [0.29, 0.717) is 30.2 Å².